The van der Waals surface area contributed by atoms with Crippen LogP contribution in [0.1, 0.15) is 69.9 Å². The topological polar surface area (TPSA) is 85.1 Å². The Labute approximate surface area is 195 Å². The first-order chi connectivity index (χ1) is 16.0. The summed E-state index contributed by atoms with van der Waals surface area (Å²) in [7, 11) is 0. The van der Waals surface area contributed by atoms with Crippen LogP contribution in [0.25, 0.3) is 11.4 Å². The molecule has 0 N–H and O–H groups in total. The lowest BCUT2D eigenvalue weighted by Gasteiger charge is -2.28. The van der Waals surface area contributed by atoms with E-state index in [0.717, 1.165) is 36.8 Å². The molecule has 1 heterocycles. The van der Waals surface area contributed by atoms with Crippen LogP contribution in [0.15, 0.2) is 30.6 Å². The highest BCUT2D eigenvalue weighted by Gasteiger charge is 2.27. The van der Waals surface area contributed by atoms with E-state index in [1.807, 2.05) is 19.9 Å². The number of rotatable bonds is 10. The molecular formula is C26H32FN3O3. The van der Waals surface area contributed by atoms with Crippen molar-refractivity contribution in [3.63, 3.8) is 0 Å². The van der Waals surface area contributed by atoms with Gasteiger partial charge in [-0.1, -0.05) is 26.7 Å². The first kappa shape index (κ1) is 24.6. The molecule has 1 aromatic carbocycles. The average molecular weight is 454 g/mol. The highest BCUT2D eigenvalue weighted by atomic mass is 19.1. The summed E-state index contributed by atoms with van der Waals surface area (Å²) in [5.74, 6) is 0.692. The van der Waals surface area contributed by atoms with Gasteiger partial charge in [0, 0.05) is 18.0 Å². The van der Waals surface area contributed by atoms with Gasteiger partial charge in [-0.25, -0.2) is 19.2 Å². The molecule has 1 atom stereocenters. The van der Waals surface area contributed by atoms with Crippen molar-refractivity contribution in [3.05, 3.63) is 41.7 Å². The van der Waals surface area contributed by atoms with E-state index in [0.29, 0.717) is 48.9 Å². The number of esters is 1. The normalized spacial score (nSPS) is 18.8. The Bertz CT molecular complexity index is 950. The van der Waals surface area contributed by atoms with Gasteiger partial charge in [0.25, 0.3) is 0 Å². The molecule has 7 heteroatoms. The zero-order chi connectivity index (χ0) is 23.6. The molecule has 1 aromatic heterocycles. The zero-order valence-corrected chi connectivity index (χ0v) is 19.4. The molecule has 0 saturated heterocycles. The number of carbonyl (C=O) groups is 1. The lowest BCUT2D eigenvalue weighted by Crippen LogP contribution is -2.30. The van der Waals surface area contributed by atoms with Crippen molar-refractivity contribution >= 4 is 5.97 Å². The van der Waals surface area contributed by atoms with Crippen LogP contribution in [0, 0.1) is 17.2 Å². The van der Waals surface area contributed by atoms with Crippen LogP contribution in [0.5, 0.6) is 5.75 Å². The van der Waals surface area contributed by atoms with Crippen LogP contribution in [0.3, 0.4) is 0 Å². The van der Waals surface area contributed by atoms with Gasteiger partial charge in [-0.05, 0) is 68.2 Å². The molecule has 1 fully saturated rings. The van der Waals surface area contributed by atoms with Crippen LogP contribution >= 0.6 is 0 Å². The molecule has 176 valence electrons. The number of unbranched alkanes of at least 4 members (excludes halogenated alkanes) is 1. The number of aromatic nitrogens is 2. The minimum Gasteiger partial charge on any atom is -0.492 e. The molecule has 0 unspecified atom stereocenters. The van der Waals surface area contributed by atoms with E-state index in [-0.39, 0.29) is 12.5 Å². The molecule has 1 aliphatic carbocycles. The van der Waals surface area contributed by atoms with Crippen molar-refractivity contribution in [2.45, 2.75) is 77.5 Å². The summed E-state index contributed by atoms with van der Waals surface area (Å²) in [5, 5.41) is 9.58. The number of ether oxygens (including phenoxy) is 2. The average Bonchev–Trinajstić information content (AvgIpc) is 2.86. The number of benzene rings is 1. The first-order valence-electron chi connectivity index (χ1n) is 11.9. The predicted molar refractivity (Wildman–Crippen MR) is 123 cm³/mol. The Morgan fingerprint density at radius 3 is 2.58 bits per heavy atom. The summed E-state index contributed by atoms with van der Waals surface area (Å²) in [4.78, 5) is 20.6. The second-order valence-corrected chi connectivity index (χ2v) is 8.59. The van der Waals surface area contributed by atoms with Crippen LogP contribution in [-0.4, -0.2) is 34.8 Å². The maximum atomic E-state index is 13.8. The number of carbonyl (C=O) groups excluding carboxylic acids is 1. The molecule has 2 aromatic rings. The van der Waals surface area contributed by atoms with Gasteiger partial charge in [0.05, 0.1) is 12.2 Å². The molecule has 0 bridgehead atoms. The summed E-state index contributed by atoms with van der Waals surface area (Å²) >= 11 is 0. The number of aryl methyl sites for hydroxylation is 1. The fraction of sp³-hybridized carbons (Fsp3) is 0.538. The van der Waals surface area contributed by atoms with E-state index < -0.39 is 12.1 Å². The third kappa shape index (κ3) is 6.98. The van der Waals surface area contributed by atoms with Gasteiger partial charge in [-0.15, -0.1) is 0 Å². The second kappa shape index (κ2) is 12.3. The molecule has 1 saturated carbocycles. The fourth-order valence-electron chi connectivity index (χ4n) is 3.93. The number of halogens is 1. The number of hydrogen-bond acceptors (Lipinski definition) is 6. The molecule has 0 spiro atoms. The monoisotopic (exact) mass is 453 g/mol. The van der Waals surface area contributed by atoms with Crippen LogP contribution in [0.2, 0.25) is 0 Å². The van der Waals surface area contributed by atoms with Gasteiger partial charge < -0.3 is 9.47 Å². The third-order valence-corrected chi connectivity index (χ3v) is 6.09. The highest BCUT2D eigenvalue weighted by Crippen LogP contribution is 2.29. The molecule has 6 nitrogen and oxygen atoms in total. The predicted octanol–water partition coefficient (Wildman–Crippen LogP) is 5.59. The van der Waals surface area contributed by atoms with Gasteiger partial charge in [0.1, 0.15) is 17.9 Å². The summed E-state index contributed by atoms with van der Waals surface area (Å²) in [6.07, 6.45) is 7.57. The van der Waals surface area contributed by atoms with Crippen molar-refractivity contribution < 1.29 is 18.7 Å². The maximum absolute atomic E-state index is 13.8. The Balaban J connectivity index is 1.49. The highest BCUT2D eigenvalue weighted by molar-refractivity contribution is 5.74. The number of nitrogens with zero attached hydrogens (tertiary/aromatic N) is 3. The van der Waals surface area contributed by atoms with Crippen molar-refractivity contribution in [2.24, 2.45) is 5.92 Å². The van der Waals surface area contributed by atoms with E-state index in [9.17, 15) is 14.4 Å². The van der Waals surface area contributed by atoms with Gasteiger partial charge in [0.2, 0.25) is 0 Å². The van der Waals surface area contributed by atoms with Gasteiger partial charge >= 0.3 is 5.97 Å². The van der Waals surface area contributed by atoms with E-state index >= 15 is 0 Å². The van der Waals surface area contributed by atoms with Gasteiger partial charge in [-0.2, -0.15) is 5.26 Å². The second-order valence-electron chi connectivity index (χ2n) is 8.59. The summed E-state index contributed by atoms with van der Waals surface area (Å²) < 4.78 is 25.2. The summed E-state index contributed by atoms with van der Waals surface area (Å²) in [6, 6.07) is 7.59. The van der Waals surface area contributed by atoms with Gasteiger partial charge in [-0.3, -0.25) is 0 Å². The molecule has 0 aliphatic heterocycles. The van der Waals surface area contributed by atoms with Gasteiger partial charge in [0.15, 0.2) is 12.0 Å². The SMILES string of the molecule is CCCC[C@H](F)C(=O)O[C@H]1CC[C@H](COc2ccc(-c3ncc(CC)cn3)cc2C#N)CC1. The minimum absolute atomic E-state index is 0.221. The standard InChI is InChI=1S/C26H32FN3O3/c1-3-5-6-23(27)26(31)33-22-10-7-19(8-11-22)17-32-24-12-9-20(13-21(24)14-28)25-29-15-18(4-2)16-30-25/h9,12-13,15-16,19,22-23H,3-8,10-11,17H2,1-2H3/t19-,22-,23-/m0/s1. The summed E-state index contributed by atoms with van der Waals surface area (Å²) in [5.41, 5.74) is 2.28. The van der Waals surface area contributed by atoms with Crippen LogP contribution in [0.4, 0.5) is 4.39 Å². The Morgan fingerprint density at radius 1 is 1.21 bits per heavy atom. The fourth-order valence-corrected chi connectivity index (χ4v) is 3.93. The molecule has 0 radical (unpaired) electrons. The Kier molecular flexibility index (Phi) is 9.17. The Morgan fingerprint density at radius 2 is 1.94 bits per heavy atom. The molecule has 3 rings (SSSR count). The van der Waals surface area contributed by atoms with E-state index in [4.69, 9.17) is 9.47 Å². The number of hydrogen-bond donors (Lipinski definition) is 0. The van der Waals surface area contributed by atoms with Crippen molar-refractivity contribution in [1.29, 1.82) is 5.26 Å². The molecular weight excluding hydrogens is 421 g/mol. The maximum Gasteiger partial charge on any atom is 0.340 e. The first-order valence-corrected chi connectivity index (χ1v) is 11.9. The van der Waals surface area contributed by atoms with Crippen molar-refractivity contribution in [2.75, 3.05) is 6.61 Å². The number of nitriles is 1. The molecule has 33 heavy (non-hydrogen) atoms. The van der Waals surface area contributed by atoms with Crippen molar-refractivity contribution in [1.82, 2.24) is 9.97 Å². The molecule has 0 amide bonds. The van der Waals surface area contributed by atoms with Crippen LogP contribution < -0.4 is 4.74 Å². The quantitative estimate of drug-likeness (QED) is 0.436. The minimum atomic E-state index is -1.52. The Hall–Kier alpha value is -3.01. The lowest BCUT2D eigenvalue weighted by atomic mass is 9.88. The lowest BCUT2D eigenvalue weighted by molar-refractivity contribution is -0.157. The van der Waals surface area contributed by atoms with E-state index in [2.05, 4.69) is 16.0 Å². The van der Waals surface area contributed by atoms with Crippen LogP contribution in [-0.2, 0) is 16.0 Å². The molecule has 1 aliphatic rings. The third-order valence-electron chi connectivity index (χ3n) is 6.09. The largest absolute Gasteiger partial charge is 0.492 e. The summed E-state index contributed by atoms with van der Waals surface area (Å²) in [6.45, 7) is 4.50. The zero-order valence-electron chi connectivity index (χ0n) is 19.4. The van der Waals surface area contributed by atoms with E-state index in [1.54, 1.807) is 24.5 Å². The number of alkyl halides is 1. The van der Waals surface area contributed by atoms with Crippen molar-refractivity contribution in [3.8, 4) is 23.2 Å². The van der Waals surface area contributed by atoms with E-state index in [1.165, 1.54) is 0 Å². The smallest absolute Gasteiger partial charge is 0.340 e.